The summed E-state index contributed by atoms with van der Waals surface area (Å²) in [4.78, 5) is 70.5. The molecule has 0 fully saturated rings. The van der Waals surface area contributed by atoms with Crippen molar-refractivity contribution < 1.29 is 59.4 Å². The van der Waals surface area contributed by atoms with Crippen molar-refractivity contribution in [2.45, 2.75) is 0 Å². The molecule has 0 atom stereocenters. The summed E-state index contributed by atoms with van der Waals surface area (Å²) in [5.74, 6) is -8.35. The average Bonchev–Trinajstić information content (AvgIpc) is 4.00. The number of carboxylic acid groups (broad SMARTS) is 6. The van der Waals surface area contributed by atoms with Crippen LogP contribution in [0, 0.1) is 0 Å². The van der Waals surface area contributed by atoms with Gasteiger partial charge in [0.15, 0.2) is 0 Å². The lowest BCUT2D eigenvalue weighted by Crippen LogP contribution is -2.06. The lowest BCUT2D eigenvalue weighted by Gasteiger charge is -2.10. The molecule has 0 bridgehead atoms. The fraction of sp³-hybridized carbons (Fsp3) is 0. The minimum Gasteiger partial charge on any atom is -0.478 e. The van der Waals surface area contributed by atoms with Gasteiger partial charge in [-0.1, -0.05) is 15.6 Å². The summed E-state index contributed by atoms with van der Waals surface area (Å²) in [6.45, 7) is 0. The number of rotatable bonds is 12. The van der Waals surface area contributed by atoms with E-state index in [1.54, 1.807) is 0 Å². The van der Waals surface area contributed by atoms with Crippen LogP contribution in [0.1, 0.15) is 62.1 Å². The van der Waals surface area contributed by atoms with E-state index in [1.807, 2.05) is 0 Å². The molecule has 288 valence electrons. The molecule has 0 aliphatic carbocycles. The van der Waals surface area contributed by atoms with Crippen molar-refractivity contribution in [3.8, 4) is 50.8 Å². The Morgan fingerprint density at radius 2 is 0.655 bits per heavy atom. The first-order valence-corrected chi connectivity index (χ1v) is 16.1. The van der Waals surface area contributed by atoms with Gasteiger partial charge in [-0.2, -0.15) is 0 Å². The fourth-order valence-corrected chi connectivity index (χ4v) is 5.75. The van der Waals surface area contributed by atoms with Crippen LogP contribution in [0.3, 0.4) is 0 Å². The SMILES string of the molecule is Nc1c(-c2cn(-c3cc(C(=O)O)cc(C(=O)O)c3)nn2)cc(-c2cn(-c3cc(C(=O)O)cc(C(=O)O)c3)nn2)cc1-c1cn(-c2cc(C(=O)O)cc(C(=O)O)c2)nn1. The van der Waals surface area contributed by atoms with Crippen molar-refractivity contribution in [2.75, 3.05) is 5.73 Å². The highest BCUT2D eigenvalue weighted by molar-refractivity contribution is 5.97. The maximum atomic E-state index is 11.8. The largest absolute Gasteiger partial charge is 0.478 e. The number of hydrogen-bond donors (Lipinski definition) is 7. The summed E-state index contributed by atoms with van der Waals surface area (Å²) in [7, 11) is 0. The summed E-state index contributed by atoms with van der Waals surface area (Å²) in [5, 5.41) is 82.2. The molecule has 0 aliphatic rings. The van der Waals surface area contributed by atoms with Gasteiger partial charge < -0.3 is 36.4 Å². The van der Waals surface area contributed by atoms with Crippen LogP contribution < -0.4 is 5.73 Å². The first-order chi connectivity index (χ1) is 27.6. The first kappa shape index (κ1) is 37.2. The molecular formula is C36H22N10O12. The van der Waals surface area contributed by atoms with Crippen molar-refractivity contribution in [2.24, 2.45) is 0 Å². The van der Waals surface area contributed by atoms with Crippen molar-refractivity contribution in [1.82, 2.24) is 45.0 Å². The highest BCUT2D eigenvalue weighted by Crippen LogP contribution is 2.38. The van der Waals surface area contributed by atoms with E-state index in [4.69, 9.17) is 5.73 Å². The van der Waals surface area contributed by atoms with E-state index in [9.17, 15) is 59.4 Å². The fourth-order valence-electron chi connectivity index (χ4n) is 5.75. The summed E-state index contributed by atoms with van der Waals surface area (Å²) >= 11 is 0. The molecule has 0 saturated carbocycles. The number of carboxylic acids is 6. The lowest BCUT2D eigenvalue weighted by atomic mass is 9.98. The summed E-state index contributed by atoms with van der Waals surface area (Å²) in [5.41, 5.74) is 5.78. The summed E-state index contributed by atoms with van der Waals surface area (Å²) in [6.07, 6.45) is 4.06. The molecule has 22 heteroatoms. The Kier molecular flexibility index (Phi) is 9.18. The van der Waals surface area contributed by atoms with E-state index in [1.165, 1.54) is 67.1 Å². The normalized spacial score (nSPS) is 11.0. The third-order valence-corrected chi connectivity index (χ3v) is 8.54. The van der Waals surface area contributed by atoms with Gasteiger partial charge in [-0.15, -0.1) is 15.3 Å². The standard InChI is InChI=1S/C36H22N10O12/c37-30-25(28-13-45(42-39-28)23-6-18(33(51)52)2-19(7-23)34(53)54)10-15(27-12-44(41-38-27)22-4-16(31(47)48)1-17(5-22)32(49)50)11-26(30)29-14-46(43-40-29)24-8-20(35(55)56)3-21(9-24)36(57)58/h1-14H,37H2,(H,47,48)(H,49,50)(H,51,52)(H,53,54)(H,55,56)(H,57,58). The van der Waals surface area contributed by atoms with Crippen LogP contribution in [0.15, 0.2) is 85.3 Å². The van der Waals surface area contributed by atoms with Crippen molar-refractivity contribution in [1.29, 1.82) is 0 Å². The number of carbonyl (C=O) groups is 6. The molecule has 8 N–H and O–H groups in total. The second-order valence-corrected chi connectivity index (χ2v) is 12.3. The lowest BCUT2D eigenvalue weighted by molar-refractivity contribution is 0.0676. The minimum absolute atomic E-state index is 0.0199. The van der Waals surface area contributed by atoms with E-state index in [-0.39, 0.29) is 89.9 Å². The third kappa shape index (κ3) is 7.12. The monoisotopic (exact) mass is 786 g/mol. The Balaban J connectivity index is 1.38. The van der Waals surface area contributed by atoms with Gasteiger partial charge in [0.2, 0.25) is 0 Å². The number of anilines is 1. The van der Waals surface area contributed by atoms with Crippen molar-refractivity contribution in [3.63, 3.8) is 0 Å². The number of hydrogen-bond acceptors (Lipinski definition) is 13. The molecule has 58 heavy (non-hydrogen) atoms. The van der Waals surface area contributed by atoms with Crippen LogP contribution in [0.25, 0.3) is 50.8 Å². The van der Waals surface area contributed by atoms with Crippen LogP contribution in [-0.4, -0.2) is 111 Å². The molecule has 0 saturated heterocycles. The van der Waals surface area contributed by atoms with Crippen LogP contribution >= 0.6 is 0 Å². The van der Waals surface area contributed by atoms with Crippen molar-refractivity contribution in [3.05, 3.63) is 119 Å². The van der Waals surface area contributed by atoms with E-state index in [0.29, 0.717) is 0 Å². The zero-order chi connectivity index (χ0) is 41.6. The highest BCUT2D eigenvalue weighted by Gasteiger charge is 2.22. The zero-order valence-electron chi connectivity index (χ0n) is 28.8. The number of nitrogen functional groups attached to an aromatic ring is 1. The van der Waals surface area contributed by atoms with E-state index in [2.05, 4.69) is 30.9 Å². The van der Waals surface area contributed by atoms with Gasteiger partial charge in [0.25, 0.3) is 0 Å². The topological polar surface area (TPSA) is 342 Å². The van der Waals surface area contributed by atoms with Crippen LogP contribution in [0.5, 0.6) is 0 Å². The maximum Gasteiger partial charge on any atom is 0.335 e. The van der Waals surface area contributed by atoms with E-state index >= 15 is 0 Å². The Labute approximate surface area is 320 Å². The van der Waals surface area contributed by atoms with Gasteiger partial charge in [-0.3, -0.25) is 0 Å². The number of benzene rings is 4. The molecular weight excluding hydrogens is 764 g/mol. The Morgan fingerprint density at radius 3 is 0.931 bits per heavy atom. The molecule has 0 amide bonds. The first-order valence-electron chi connectivity index (χ1n) is 16.1. The molecule has 0 unspecified atom stereocenters. The molecule has 3 heterocycles. The zero-order valence-corrected chi connectivity index (χ0v) is 28.8. The molecule has 7 aromatic rings. The summed E-state index contributed by atoms with van der Waals surface area (Å²) < 4.78 is 3.39. The Hall–Kier alpha value is -9.08. The van der Waals surface area contributed by atoms with Gasteiger partial charge in [0, 0.05) is 16.7 Å². The summed E-state index contributed by atoms with van der Waals surface area (Å²) in [6, 6.07) is 13.1. The molecule has 0 spiro atoms. The van der Waals surface area contributed by atoms with E-state index < -0.39 is 35.8 Å². The van der Waals surface area contributed by atoms with Crippen molar-refractivity contribution >= 4 is 41.5 Å². The Bertz CT molecular complexity index is 2680. The Morgan fingerprint density at radius 1 is 0.397 bits per heavy atom. The van der Waals surface area contributed by atoms with Gasteiger partial charge in [-0.05, 0) is 66.7 Å². The third-order valence-electron chi connectivity index (χ3n) is 8.54. The molecule has 7 rings (SSSR count). The van der Waals surface area contributed by atoms with Gasteiger partial charge in [0.05, 0.1) is 74.7 Å². The molecule has 0 aliphatic heterocycles. The number of nitrogens with two attached hydrogens (primary N) is 1. The van der Waals surface area contributed by atoms with Gasteiger partial charge >= 0.3 is 35.8 Å². The van der Waals surface area contributed by atoms with Crippen LogP contribution in [0.2, 0.25) is 0 Å². The molecule has 3 aromatic heterocycles. The molecule has 22 nitrogen and oxygen atoms in total. The maximum absolute atomic E-state index is 11.8. The number of aromatic carboxylic acids is 6. The predicted octanol–water partition coefficient (Wildman–Crippen LogP) is 3.20. The van der Waals surface area contributed by atoms with Gasteiger partial charge in [0.1, 0.15) is 17.1 Å². The smallest absolute Gasteiger partial charge is 0.335 e. The second-order valence-electron chi connectivity index (χ2n) is 12.3. The second kappa shape index (κ2) is 14.3. The minimum atomic E-state index is -1.39. The number of nitrogens with zero attached hydrogens (tertiary/aromatic N) is 9. The predicted molar refractivity (Wildman–Crippen MR) is 194 cm³/mol. The van der Waals surface area contributed by atoms with Crippen LogP contribution in [-0.2, 0) is 0 Å². The highest BCUT2D eigenvalue weighted by atomic mass is 16.4. The number of aromatic nitrogens is 9. The quantitative estimate of drug-likeness (QED) is 0.0874. The molecule has 4 aromatic carbocycles. The van der Waals surface area contributed by atoms with Gasteiger partial charge in [-0.25, -0.2) is 42.8 Å². The van der Waals surface area contributed by atoms with Crippen LogP contribution in [0.4, 0.5) is 5.69 Å². The average molecular weight is 787 g/mol. The van der Waals surface area contributed by atoms with E-state index in [0.717, 1.165) is 32.2 Å². The molecule has 0 radical (unpaired) electrons.